The Morgan fingerprint density at radius 3 is 1.83 bits per heavy atom. The number of benzene rings is 6. The van der Waals surface area contributed by atoms with Crippen LogP contribution < -0.4 is 0 Å². The van der Waals surface area contributed by atoms with Crippen LogP contribution >= 0.6 is 0 Å². The van der Waals surface area contributed by atoms with E-state index in [0.29, 0.717) is 23.0 Å². The van der Waals surface area contributed by atoms with Gasteiger partial charge in [0, 0.05) is 28.3 Å². The van der Waals surface area contributed by atoms with Crippen molar-refractivity contribution in [1.82, 2.24) is 19.9 Å². The van der Waals surface area contributed by atoms with Crippen LogP contribution in [0.4, 0.5) is 5.69 Å². The van der Waals surface area contributed by atoms with Crippen molar-refractivity contribution >= 4 is 28.4 Å². The van der Waals surface area contributed by atoms with E-state index in [0.717, 1.165) is 61.9 Å². The molecule has 0 N–H and O–H groups in total. The maximum atomic E-state index is 9.46. The van der Waals surface area contributed by atoms with Crippen LogP contribution in [0.15, 0.2) is 169 Å². The molecule has 250 valence electrons. The second-order valence-corrected chi connectivity index (χ2v) is 11.6. The third-order valence-corrected chi connectivity index (χ3v) is 8.15. The fourth-order valence-electron chi connectivity index (χ4n) is 5.55. The first-order chi connectivity index (χ1) is 25.2. The maximum Gasteiger partial charge on any atom is 3.00 e. The molecule has 0 unspecified atom stereocenters. The summed E-state index contributed by atoms with van der Waals surface area (Å²) in [5.74, 6) is 1.90. The number of fused-ring (bicyclic) bond motifs is 1. The molecule has 6 nitrogen and oxygen atoms in total. The Morgan fingerprint density at radius 2 is 1.21 bits per heavy atom. The minimum atomic E-state index is 0. The Morgan fingerprint density at radius 1 is 0.615 bits per heavy atom. The molecule has 8 rings (SSSR count). The minimum Gasteiger partial charge on any atom is -0.810 e. The molecule has 0 spiro atoms. The molecule has 0 aliphatic rings. The van der Waals surface area contributed by atoms with E-state index in [-0.39, 0.29) is 20.1 Å². The Kier molecular flexibility index (Phi) is 11.7. The Labute approximate surface area is 316 Å². The molecule has 0 fully saturated rings. The fourth-order valence-corrected chi connectivity index (χ4v) is 5.55. The van der Waals surface area contributed by atoms with Crippen LogP contribution in [0, 0.1) is 12.1 Å². The molecule has 0 saturated heterocycles. The van der Waals surface area contributed by atoms with Crippen LogP contribution in [0.1, 0.15) is 18.1 Å². The Balaban J connectivity index is 0.000000186. The summed E-state index contributed by atoms with van der Waals surface area (Å²) in [4.78, 5) is 23.5. The topological polar surface area (TPSA) is 86.2 Å². The molecule has 0 aliphatic heterocycles. The summed E-state index contributed by atoms with van der Waals surface area (Å²) in [7, 11) is 0. The van der Waals surface area contributed by atoms with Crippen molar-refractivity contribution in [2.24, 2.45) is 4.99 Å². The van der Waals surface area contributed by atoms with Gasteiger partial charge in [0.1, 0.15) is 0 Å². The van der Waals surface area contributed by atoms with E-state index in [1.807, 2.05) is 165 Å². The van der Waals surface area contributed by atoms with Crippen LogP contribution in [0.2, 0.25) is 0 Å². The first-order valence-corrected chi connectivity index (χ1v) is 16.5. The Bertz CT molecular complexity index is 2380. The van der Waals surface area contributed by atoms with E-state index >= 15 is 0 Å². The molecular formula is C45H31IrN6. The van der Waals surface area contributed by atoms with E-state index in [4.69, 9.17) is 19.9 Å². The van der Waals surface area contributed by atoms with Gasteiger partial charge in [-0.3, -0.25) is 0 Å². The van der Waals surface area contributed by atoms with Crippen molar-refractivity contribution in [3.8, 4) is 45.4 Å². The molecule has 2 aromatic heterocycles. The molecule has 2 heterocycles. The first kappa shape index (κ1) is 35.6. The molecule has 0 radical (unpaired) electrons. The molecule has 0 atom stereocenters. The van der Waals surface area contributed by atoms with Crippen molar-refractivity contribution in [3.63, 3.8) is 0 Å². The van der Waals surface area contributed by atoms with Gasteiger partial charge in [-0.25, -0.2) is 15.0 Å². The summed E-state index contributed by atoms with van der Waals surface area (Å²) in [6, 6.07) is 57.7. The quantitative estimate of drug-likeness (QED) is 0.118. The van der Waals surface area contributed by atoms with Crippen molar-refractivity contribution < 1.29 is 20.1 Å². The number of pyridine rings is 1. The summed E-state index contributed by atoms with van der Waals surface area (Å²) >= 11 is 0. The largest absolute Gasteiger partial charge is 3.00 e. The van der Waals surface area contributed by atoms with Crippen molar-refractivity contribution in [2.45, 2.75) is 6.92 Å². The van der Waals surface area contributed by atoms with Gasteiger partial charge in [-0.05, 0) is 28.4 Å². The van der Waals surface area contributed by atoms with Gasteiger partial charge in [0.05, 0.1) is 5.69 Å². The normalized spacial score (nSPS) is 10.8. The van der Waals surface area contributed by atoms with E-state index in [2.05, 4.69) is 17.1 Å². The van der Waals surface area contributed by atoms with Gasteiger partial charge in [-0.1, -0.05) is 110 Å². The van der Waals surface area contributed by atoms with Gasteiger partial charge in [0.15, 0.2) is 17.5 Å². The molecule has 0 aliphatic carbocycles. The minimum absolute atomic E-state index is 0. The fraction of sp³-hybridized carbons (Fsp3) is 0.0222. The number of nitrogens with zero attached hydrogens (tertiary/aromatic N) is 6. The second kappa shape index (κ2) is 17.1. The summed E-state index contributed by atoms with van der Waals surface area (Å²) in [5.41, 5.74) is 7.86. The Hall–Kier alpha value is -6.27. The van der Waals surface area contributed by atoms with Gasteiger partial charge in [-0.2, -0.15) is 6.21 Å². The predicted octanol–water partition coefficient (Wildman–Crippen LogP) is 10.5. The van der Waals surface area contributed by atoms with Crippen LogP contribution in [0.5, 0.6) is 0 Å². The molecule has 52 heavy (non-hydrogen) atoms. The molecule has 0 bridgehead atoms. The van der Waals surface area contributed by atoms with Gasteiger partial charge in [0.2, 0.25) is 0 Å². The van der Waals surface area contributed by atoms with E-state index in [1.165, 1.54) is 0 Å². The first-order valence-electron chi connectivity index (χ1n) is 16.5. The number of aliphatic imine (C=N–C) groups is 1. The van der Waals surface area contributed by atoms with Gasteiger partial charge in [0.25, 0.3) is 0 Å². The smallest absolute Gasteiger partial charge is 0.810 e. The van der Waals surface area contributed by atoms with Crippen LogP contribution in [0.25, 0.3) is 61.6 Å². The van der Waals surface area contributed by atoms with E-state index < -0.39 is 0 Å². The average molecular weight is 848 g/mol. The number of aromatic nitrogens is 4. The molecular weight excluding hydrogens is 817 g/mol. The summed E-state index contributed by atoms with van der Waals surface area (Å²) in [6.45, 7) is 1.95. The standard InChI is InChI=1S/C26H17N4.C19H14N2.Ir/c1-4-10-19(11-5-1)23-18-22(16-17-27-23)26-29-24(20-12-6-2-7-13-20)28-25(30-26)21-14-8-3-9-15-21;1-14(15-7-3-2-4-8-15)21-19-17(13-20)12-11-16-9-5-6-10-18(16)19;/h1-10,12-18H;2-7,9-13H,1H3;/q-1;-2;+3. The third-order valence-electron chi connectivity index (χ3n) is 8.15. The van der Waals surface area contributed by atoms with Gasteiger partial charge >= 0.3 is 20.1 Å². The maximum absolute atomic E-state index is 9.46. The molecule has 0 saturated carbocycles. The SMILES string of the molecule is CC(=Nc1c(C=[N-])ccc2ccccc12)c1[c-]cccc1.[Ir+3].[c-]1ccccc1-c1cc(-c2nc(-c3ccccc3)nc(-c3ccccc3)n2)ccn1. The number of hydrogen-bond donors (Lipinski definition) is 0. The third kappa shape index (κ3) is 8.36. The average Bonchev–Trinajstić information content (AvgIpc) is 3.22. The second-order valence-electron chi connectivity index (χ2n) is 11.6. The van der Waals surface area contributed by atoms with Crippen molar-refractivity contribution in [3.05, 3.63) is 193 Å². The zero-order valence-corrected chi connectivity index (χ0v) is 30.6. The van der Waals surface area contributed by atoms with Crippen LogP contribution in [-0.4, -0.2) is 31.9 Å². The molecule has 6 aromatic carbocycles. The van der Waals surface area contributed by atoms with Crippen molar-refractivity contribution in [1.29, 1.82) is 0 Å². The zero-order valence-electron chi connectivity index (χ0n) is 28.2. The predicted molar refractivity (Wildman–Crippen MR) is 208 cm³/mol. The van der Waals surface area contributed by atoms with E-state index in [9.17, 15) is 5.41 Å². The van der Waals surface area contributed by atoms with Crippen LogP contribution in [0.3, 0.4) is 0 Å². The molecule has 0 amide bonds. The van der Waals surface area contributed by atoms with E-state index in [1.54, 1.807) is 6.20 Å². The summed E-state index contributed by atoms with van der Waals surface area (Å²) in [5, 5.41) is 11.6. The number of hydrogen-bond acceptors (Lipinski definition) is 5. The summed E-state index contributed by atoms with van der Waals surface area (Å²) < 4.78 is 0. The zero-order chi connectivity index (χ0) is 34.8. The monoisotopic (exact) mass is 848 g/mol. The van der Waals surface area contributed by atoms with Crippen molar-refractivity contribution in [2.75, 3.05) is 0 Å². The number of rotatable bonds is 7. The van der Waals surface area contributed by atoms with Gasteiger partial charge in [-0.15, -0.1) is 71.8 Å². The molecule has 8 aromatic rings. The van der Waals surface area contributed by atoms with Gasteiger partial charge < -0.3 is 15.4 Å². The summed E-state index contributed by atoms with van der Waals surface area (Å²) in [6.07, 6.45) is 2.88. The van der Waals surface area contributed by atoms with Crippen LogP contribution in [-0.2, 0) is 20.1 Å². The molecule has 7 heteroatoms.